The lowest BCUT2D eigenvalue weighted by molar-refractivity contribution is 0.136. The van der Waals surface area contributed by atoms with E-state index in [0.29, 0.717) is 0 Å². The SMILES string of the molecule is CC(NCC1CCCN(C(C)C)C1)C1CC1. The van der Waals surface area contributed by atoms with Crippen LogP contribution in [0.15, 0.2) is 0 Å². The first-order chi connectivity index (χ1) is 7.66. The maximum Gasteiger partial charge on any atom is 0.00671 e. The summed E-state index contributed by atoms with van der Waals surface area (Å²) in [6.45, 7) is 10.9. The molecule has 0 radical (unpaired) electrons. The molecule has 0 aromatic carbocycles. The topological polar surface area (TPSA) is 15.3 Å². The third-order valence-electron chi connectivity index (χ3n) is 4.34. The van der Waals surface area contributed by atoms with E-state index in [1.807, 2.05) is 0 Å². The van der Waals surface area contributed by atoms with Crippen molar-refractivity contribution in [1.29, 1.82) is 0 Å². The van der Waals surface area contributed by atoms with E-state index in [9.17, 15) is 0 Å². The van der Waals surface area contributed by atoms with E-state index < -0.39 is 0 Å². The highest BCUT2D eigenvalue weighted by Crippen LogP contribution is 2.32. The van der Waals surface area contributed by atoms with Gasteiger partial charge in [0.2, 0.25) is 0 Å². The Kier molecular flexibility index (Phi) is 4.26. The molecule has 0 aromatic rings. The molecule has 1 N–H and O–H groups in total. The van der Waals surface area contributed by atoms with E-state index in [2.05, 4.69) is 31.0 Å². The Balaban J connectivity index is 1.68. The second-order valence-corrected chi connectivity index (χ2v) is 6.13. The lowest BCUT2D eigenvalue weighted by Crippen LogP contribution is -2.44. The van der Waals surface area contributed by atoms with Crippen LogP contribution in [-0.4, -0.2) is 36.6 Å². The van der Waals surface area contributed by atoms with Crippen molar-refractivity contribution in [3.05, 3.63) is 0 Å². The van der Waals surface area contributed by atoms with Crippen LogP contribution in [0.4, 0.5) is 0 Å². The molecule has 0 aromatic heterocycles. The number of hydrogen-bond acceptors (Lipinski definition) is 2. The first kappa shape index (κ1) is 12.4. The second-order valence-electron chi connectivity index (χ2n) is 6.13. The molecule has 94 valence electrons. The number of piperidine rings is 1. The van der Waals surface area contributed by atoms with E-state index in [1.54, 1.807) is 0 Å². The second kappa shape index (κ2) is 5.50. The Morgan fingerprint density at radius 2 is 1.94 bits per heavy atom. The van der Waals surface area contributed by atoms with Gasteiger partial charge in [0, 0.05) is 18.6 Å². The van der Waals surface area contributed by atoms with Crippen molar-refractivity contribution >= 4 is 0 Å². The predicted molar refractivity (Wildman–Crippen MR) is 69.6 cm³/mol. The number of nitrogens with one attached hydrogen (secondary N) is 1. The molecule has 2 nitrogen and oxygen atoms in total. The summed E-state index contributed by atoms with van der Waals surface area (Å²) in [6, 6.07) is 1.48. The fraction of sp³-hybridized carbons (Fsp3) is 1.00. The Morgan fingerprint density at radius 3 is 2.56 bits per heavy atom. The number of likely N-dealkylation sites (tertiary alicyclic amines) is 1. The van der Waals surface area contributed by atoms with Crippen LogP contribution in [0.2, 0.25) is 0 Å². The Morgan fingerprint density at radius 1 is 1.19 bits per heavy atom. The van der Waals surface area contributed by atoms with Crippen molar-refractivity contribution in [2.75, 3.05) is 19.6 Å². The van der Waals surface area contributed by atoms with Crippen molar-refractivity contribution in [2.24, 2.45) is 11.8 Å². The smallest absolute Gasteiger partial charge is 0.00671 e. The van der Waals surface area contributed by atoms with Gasteiger partial charge >= 0.3 is 0 Å². The third-order valence-corrected chi connectivity index (χ3v) is 4.34. The molecule has 16 heavy (non-hydrogen) atoms. The van der Waals surface area contributed by atoms with Crippen LogP contribution in [-0.2, 0) is 0 Å². The van der Waals surface area contributed by atoms with E-state index in [-0.39, 0.29) is 0 Å². The summed E-state index contributed by atoms with van der Waals surface area (Å²) in [4.78, 5) is 2.64. The normalized spacial score (nSPS) is 29.6. The van der Waals surface area contributed by atoms with Gasteiger partial charge in [-0.1, -0.05) is 0 Å². The van der Waals surface area contributed by atoms with Gasteiger partial charge in [-0.05, 0) is 71.4 Å². The van der Waals surface area contributed by atoms with Gasteiger partial charge in [-0.25, -0.2) is 0 Å². The summed E-state index contributed by atoms with van der Waals surface area (Å²) in [5.74, 6) is 1.88. The number of rotatable bonds is 5. The van der Waals surface area contributed by atoms with Gasteiger partial charge in [-0.2, -0.15) is 0 Å². The average molecular weight is 224 g/mol. The van der Waals surface area contributed by atoms with Crippen molar-refractivity contribution in [3.8, 4) is 0 Å². The van der Waals surface area contributed by atoms with E-state index in [1.165, 1.54) is 45.3 Å². The Bertz CT molecular complexity index is 211. The lowest BCUT2D eigenvalue weighted by atomic mass is 9.96. The molecule has 2 unspecified atom stereocenters. The van der Waals surface area contributed by atoms with Crippen LogP contribution in [0.1, 0.15) is 46.5 Å². The molecule has 0 bridgehead atoms. The summed E-state index contributed by atoms with van der Waals surface area (Å²) in [6.07, 6.45) is 5.73. The molecule has 1 aliphatic heterocycles. The van der Waals surface area contributed by atoms with Crippen molar-refractivity contribution in [3.63, 3.8) is 0 Å². The minimum atomic E-state index is 0.726. The zero-order valence-electron chi connectivity index (χ0n) is 11.2. The first-order valence-electron chi connectivity index (χ1n) is 7.14. The standard InChI is InChI=1S/C14H28N2/c1-11(2)16-8-4-5-13(10-16)9-15-12(3)14-6-7-14/h11-15H,4-10H2,1-3H3. The molecule has 2 atom stereocenters. The molecule has 0 amide bonds. The minimum absolute atomic E-state index is 0.726. The molecule has 2 fully saturated rings. The van der Waals surface area contributed by atoms with Crippen molar-refractivity contribution in [1.82, 2.24) is 10.2 Å². The fourth-order valence-corrected chi connectivity index (χ4v) is 2.85. The molecule has 1 saturated heterocycles. The van der Waals surface area contributed by atoms with Gasteiger partial charge < -0.3 is 10.2 Å². The van der Waals surface area contributed by atoms with Crippen LogP contribution in [0, 0.1) is 11.8 Å². The molecular formula is C14H28N2. The van der Waals surface area contributed by atoms with Crippen molar-refractivity contribution in [2.45, 2.75) is 58.5 Å². The van der Waals surface area contributed by atoms with E-state index in [4.69, 9.17) is 0 Å². The highest BCUT2D eigenvalue weighted by molar-refractivity contribution is 4.85. The van der Waals surface area contributed by atoms with Crippen LogP contribution >= 0.6 is 0 Å². The molecular weight excluding hydrogens is 196 g/mol. The number of hydrogen-bond donors (Lipinski definition) is 1. The Hall–Kier alpha value is -0.0800. The van der Waals surface area contributed by atoms with Gasteiger partial charge in [0.25, 0.3) is 0 Å². The molecule has 2 aliphatic rings. The average Bonchev–Trinajstić information content (AvgIpc) is 3.10. The maximum absolute atomic E-state index is 3.75. The summed E-state index contributed by atoms with van der Waals surface area (Å²) in [5, 5.41) is 3.75. The molecule has 1 aliphatic carbocycles. The van der Waals surface area contributed by atoms with Crippen LogP contribution in [0.25, 0.3) is 0 Å². The molecule has 0 spiro atoms. The van der Waals surface area contributed by atoms with Crippen LogP contribution in [0.3, 0.4) is 0 Å². The van der Waals surface area contributed by atoms with Gasteiger partial charge in [0.15, 0.2) is 0 Å². The third kappa shape index (κ3) is 3.46. The molecule has 2 rings (SSSR count). The maximum atomic E-state index is 3.75. The van der Waals surface area contributed by atoms with E-state index >= 15 is 0 Å². The zero-order chi connectivity index (χ0) is 11.5. The Labute approximate surface area is 101 Å². The fourth-order valence-electron chi connectivity index (χ4n) is 2.85. The van der Waals surface area contributed by atoms with Gasteiger partial charge in [-0.3, -0.25) is 0 Å². The minimum Gasteiger partial charge on any atom is -0.314 e. The first-order valence-corrected chi connectivity index (χ1v) is 7.14. The summed E-state index contributed by atoms with van der Waals surface area (Å²) < 4.78 is 0. The monoisotopic (exact) mass is 224 g/mol. The van der Waals surface area contributed by atoms with Crippen LogP contribution in [0.5, 0.6) is 0 Å². The highest BCUT2D eigenvalue weighted by Gasteiger charge is 2.28. The quantitative estimate of drug-likeness (QED) is 0.772. The largest absolute Gasteiger partial charge is 0.314 e. The van der Waals surface area contributed by atoms with Gasteiger partial charge in [0.05, 0.1) is 0 Å². The number of nitrogens with zero attached hydrogens (tertiary/aromatic N) is 1. The van der Waals surface area contributed by atoms with Gasteiger partial charge in [-0.15, -0.1) is 0 Å². The molecule has 1 heterocycles. The lowest BCUT2D eigenvalue weighted by Gasteiger charge is -2.36. The highest BCUT2D eigenvalue weighted by atomic mass is 15.2. The van der Waals surface area contributed by atoms with Crippen molar-refractivity contribution < 1.29 is 0 Å². The zero-order valence-corrected chi connectivity index (χ0v) is 11.2. The summed E-state index contributed by atoms with van der Waals surface area (Å²) in [7, 11) is 0. The van der Waals surface area contributed by atoms with Crippen LogP contribution < -0.4 is 5.32 Å². The summed E-state index contributed by atoms with van der Waals surface area (Å²) >= 11 is 0. The molecule has 1 saturated carbocycles. The summed E-state index contributed by atoms with van der Waals surface area (Å²) in [5.41, 5.74) is 0. The van der Waals surface area contributed by atoms with E-state index in [0.717, 1.165) is 23.9 Å². The van der Waals surface area contributed by atoms with Gasteiger partial charge in [0.1, 0.15) is 0 Å². The predicted octanol–water partition coefficient (Wildman–Crippen LogP) is 2.49. The molecule has 2 heteroatoms.